The molecule has 0 bridgehead atoms. The van der Waals surface area contributed by atoms with E-state index in [-0.39, 0.29) is 6.04 Å². The van der Waals surface area contributed by atoms with E-state index >= 15 is 0 Å². The second kappa shape index (κ2) is 6.10. The Balaban J connectivity index is 2.70. The third-order valence-electron chi connectivity index (χ3n) is 2.39. The van der Waals surface area contributed by atoms with Gasteiger partial charge in [0.2, 0.25) is 0 Å². The monoisotopic (exact) mass is 203 g/mol. The van der Waals surface area contributed by atoms with E-state index in [0.29, 0.717) is 5.92 Å². The Bertz CT molecular complexity index is 326. The van der Waals surface area contributed by atoms with Crippen LogP contribution in [0.5, 0.6) is 0 Å². The summed E-state index contributed by atoms with van der Waals surface area (Å²) in [6.45, 7) is 4.36. The first-order chi connectivity index (χ1) is 7.24. The molecule has 0 aliphatic rings. The Hall–Kier alpha value is -1.47. The van der Waals surface area contributed by atoms with Gasteiger partial charge in [0.1, 0.15) is 0 Å². The predicted octanol–water partition coefficient (Wildman–Crippen LogP) is 4.47. The number of rotatable bonds is 5. The van der Waals surface area contributed by atoms with Crippen molar-refractivity contribution in [3.63, 3.8) is 0 Å². The van der Waals surface area contributed by atoms with E-state index in [1.54, 1.807) is 0 Å². The average molecular weight is 203 g/mol. The van der Waals surface area contributed by atoms with E-state index in [1.807, 2.05) is 30.3 Å². The van der Waals surface area contributed by atoms with Gasteiger partial charge in [-0.1, -0.05) is 55.7 Å². The van der Waals surface area contributed by atoms with Crippen LogP contribution in [0.3, 0.4) is 0 Å². The molecule has 0 heterocycles. The fourth-order valence-corrected chi connectivity index (χ4v) is 1.52. The Labute approximate surface area is 90.8 Å². The zero-order chi connectivity index (χ0) is 11.1. The van der Waals surface area contributed by atoms with Crippen molar-refractivity contribution in [2.45, 2.75) is 32.7 Å². The maximum atomic E-state index is 8.52. The van der Waals surface area contributed by atoms with Gasteiger partial charge in [-0.25, -0.2) is 0 Å². The molecular formula is C12H17N3. The van der Waals surface area contributed by atoms with Crippen LogP contribution in [-0.2, 0) is 0 Å². The van der Waals surface area contributed by atoms with Crippen LogP contribution < -0.4 is 0 Å². The summed E-state index contributed by atoms with van der Waals surface area (Å²) in [5.74, 6) is 0.644. The van der Waals surface area contributed by atoms with Gasteiger partial charge in [-0.2, -0.15) is 0 Å². The van der Waals surface area contributed by atoms with Gasteiger partial charge in [0.25, 0.3) is 0 Å². The molecule has 0 aliphatic heterocycles. The Kier molecular flexibility index (Phi) is 4.72. The summed E-state index contributed by atoms with van der Waals surface area (Å²) in [5.41, 5.74) is 9.63. The summed E-state index contributed by atoms with van der Waals surface area (Å²) in [5, 5.41) is 3.85. The van der Waals surface area contributed by atoms with Crippen molar-refractivity contribution in [1.29, 1.82) is 0 Å². The van der Waals surface area contributed by atoms with Crippen molar-refractivity contribution in [2.24, 2.45) is 11.0 Å². The first kappa shape index (κ1) is 11.6. The average Bonchev–Trinajstić information content (AvgIpc) is 2.25. The fraction of sp³-hybridized carbons (Fsp3) is 0.500. The zero-order valence-corrected chi connectivity index (χ0v) is 9.30. The molecule has 0 saturated carbocycles. The molecule has 1 rings (SSSR count). The Morgan fingerprint density at radius 1 is 1.20 bits per heavy atom. The van der Waals surface area contributed by atoms with Crippen molar-refractivity contribution in [3.8, 4) is 0 Å². The molecular weight excluding hydrogens is 186 g/mol. The molecule has 0 radical (unpaired) electrons. The van der Waals surface area contributed by atoms with Gasteiger partial charge in [0, 0.05) is 4.91 Å². The van der Waals surface area contributed by atoms with Gasteiger partial charge >= 0.3 is 0 Å². The molecule has 1 aromatic carbocycles. The topological polar surface area (TPSA) is 48.8 Å². The zero-order valence-electron chi connectivity index (χ0n) is 9.30. The lowest BCUT2D eigenvalue weighted by Crippen LogP contribution is -1.97. The third kappa shape index (κ3) is 4.05. The second-order valence-electron chi connectivity index (χ2n) is 4.10. The Morgan fingerprint density at radius 3 is 2.40 bits per heavy atom. The first-order valence-corrected chi connectivity index (χ1v) is 5.33. The van der Waals surface area contributed by atoms with Crippen molar-refractivity contribution >= 4 is 0 Å². The number of benzene rings is 1. The molecule has 1 aromatic rings. The fourth-order valence-electron chi connectivity index (χ4n) is 1.52. The van der Waals surface area contributed by atoms with Crippen LogP contribution in [0.25, 0.3) is 10.4 Å². The number of azide groups is 1. The van der Waals surface area contributed by atoms with Crippen LogP contribution in [0, 0.1) is 5.92 Å². The highest BCUT2D eigenvalue weighted by Gasteiger charge is 2.09. The minimum atomic E-state index is -0.0152. The van der Waals surface area contributed by atoms with Gasteiger partial charge in [-0.3, -0.25) is 0 Å². The smallest absolute Gasteiger partial charge is 0.0625 e. The van der Waals surface area contributed by atoms with E-state index < -0.39 is 0 Å². The van der Waals surface area contributed by atoms with Gasteiger partial charge in [-0.05, 0) is 23.4 Å². The standard InChI is InChI=1S/C12H17N3/c1-10(2)8-9-12(14-15-13)11-6-4-3-5-7-11/h3-7,10,12H,8-9H2,1-2H3. The minimum Gasteiger partial charge on any atom is -0.0859 e. The highest BCUT2D eigenvalue weighted by molar-refractivity contribution is 5.18. The highest BCUT2D eigenvalue weighted by atomic mass is 15.1. The van der Waals surface area contributed by atoms with Crippen molar-refractivity contribution in [2.75, 3.05) is 0 Å². The second-order valence-corrected chi connectivity index (χ2v) is 4.10. The van der Waals surface area contributed by atoms with E-state index in [9.17, 15) is 0 Å². The van der Waals surface area contributed by atoms with Gasteiger partial charge in [-0.15, -0.1) is 0 Å². The number of nitrogens with zero attached hydrogens (tertiary/aromatic N) is 3. The normalized spacial score (nSPS) is 12.2. The summed E-state index contributed by atoms with van der Waals surface area (Å²) < 4.78 is 0. The van der Waals surface area contributed by atoms with Crippen molar-refractivity contribution < 1.29 is 0 Å². The maximum Gasteiger partial charge on any atom is 0.0625 e. The van der Waals surface area contributed by atoms with Crippen LogP contribution in [0.4, 0.5) is 0 Å². The van der Waals surface area contributed by atoms with Crippen LogP contribution in [-0.4, -0.2) is 0 Å². The van der Waals surface area contributed by atoms with Crippen LogP contribution >= 0.6 is 0 Å². The molecule has 3 heteroatoms. The summed E-state index contributed by atoms with van der Waals surface area (Å²) >= 11 is 0. The van der Waals surface area contributed by atoms with Gasteiger partial charge in [0.05, 0.1) is 6.04 Å². The molecule has 0 spiro atoms. The molecule has 0 aliphatic carbocycles. The molecule has 1 atom stereocenters. The molecule has 0 N–H and O–H groups in total. The largest absolute Gasteiger partial charge is 0.0859 e. The minimum absolute atomic E-state index is 0.0152. The maximum absolute atomic E-state index is 8.52. The van der Waals surface area contributed by atoms with E-state index in [4.69, 9.17) is 5.53 Å². The molecule has 0 fully saturated rings. The van der Waals surface area contributed by atoms with Crippen molar-refractivity contribution in [3.05, 3.63) is 46.3 Å². The van der Waals surface area contributed by atoms with Gasteiger partial charge in [0.15, 0.2) is 0 Å². The number of hydrogen-bond donors (Lipinski definition) is 0. The van der Waals surface area contributed by atoms with E-state index in [0.717, 1.165) is 18.4 Å². The van der Waals surface area contributed by atoms with Crippen LogP contribution in [0.1, 0.15) is 38.3 Å². The first-order valence-electron chi connectivity index (χ1n) is 5.33. The van der Waals surface area contributed by atoms with Gasteiger partial charge < -0.3 is 0 Å². The lowest BCUT2D eigenvalue weighted by atomic mass is 9.98. The quantitative estimate of drug-likeness (QED) is 0.385. The lowest BCUT2D eigenvalue weighted by molar-refractivity contribution is 0.506. The summed E-state index contributed by atoms with van der Waals surface area (Å²) in [7, 11) is 0. The molecule has 0 saturated heterocycles. The van der Waals surface area contributed by atoms with Crippen LogP contribution in [0.15, 0.2) is 35.4 Å². The predicted molar refractivity (Wildman–Crippen MR) is 62.4 cm³/mol. The molecule has 80 valence electrons. The molecule has 3 nitrogen and oxygen atoms in total. The molecule has 15 heavy (non-hydrogen) atoms. The highest BCUT2D eigenvalue weighted by Crippen LogP contribution is 2.24. The molecule has 0 amide bonds. The lowest BCUT2D eigenvalue weighted by Gasteiger charge is -2.12. The SMILES string of the molecule is CC(C)CCC(N=[N+]=[N-])c1ccccc1. The molecule has 1 unspecified atom stereocenters. The summed E-state index contributed by atoms with van der Waals surface area (Å²) in [4.78, 5) is 2.92. The van der Waals surface area contributed by atoms with E-state index in [2.05, 4.69) is 23.9 Å². The summed E-state index contributed by atoms with van der Waals surface area (Å²) in [6.07, 6.45) is 2.00. The van der Waals surface area contributed by atoms with Crippen LogP contribution in [0.2, 0.25) is 0 Å². The third-order valence-corrected chi connectivity index (χ3v) is 2.39. The van der Waals surface area contributed by atoms with E-state index in [1.165, 1.54) is 0 Å². The summed E-state index contributed by atoms with van der Waals surface area (Å²) in [6, 6.07) is 9.94. The number of hydrogen-bond acceptors (Lipinski definition) is 1. The molecule has 0 aromatic heterocycles. The van der Waals surface area contributed by atoms with Crippen molar-refractivity contribution in [1.82, 2.24) is 0 Å². The Morgan fingerprint density at radius 2 is 1.87 bits per heavy atom.